The van der Waals surface area contributed by atoms with Gasteiger partial charge >= 0.3 is 0 Å². The number of nitrogens with zero attached hydrogens (tertiary/aromatic N) is 3. The highest BCUT2D eigenvalue weighted by molar-refractivity contribution is 7.18. The third-order valence-electron chi connectivity index (χ3n) is 3.40. The van der Waals surface area contributed by atoms with Crippen molar-refractivity contribution in [3.05, 3.63) is 46.7 Å². The Morgan fingerprint density at radius 1 is 1.35 bits per heavy atom. The van der Waals surface area contributed by atoms with E-state index >= 15 is 0 Å². The van der Waals surface area contributed by atoms with Crippen LogP contribution in [0.25, 0.3) is 10.2 Å². The number of nitrogens with two attached hydrogens (primary N) is 1. The molecule has 1 atom stereocenters. The molecule has 1 unspecified atom stereocenters. The van der Waals surface area contributed by atoms with Gasteiger partial charge in [-0.25, -0.2) is 4.98 Å². The summed E-state index contributed by atoms with van der Waals surface area (Å²) in [6, 6.07) is 8.16. The van der Waals surface area contributed by atoms with Crippen molar-refractivity contribution in [1.82, 2.24) is 14.8 Å². The number of rotatable bonds is 4. The minimum absolute atomic E-state index is 0.0424. The lowest BCUT2D eigenvalue weighted by molar-refractivity contribution is 0.709. The van der Waals surface area contributed by atoms with Crippen molar-refractivity contribution in [2.24, 2.45) is 12.8 Å². The van der Waals surface area contributed by atoms with Gasteiger partial charge in [-0.05, 0) is 18.6 Å². The molecule has 0 aliphatic rings. The molecule has 5 heteroatoms. The Kier molecular flexibility index (Phi) is 3.54. The fraction of sp³-hybridized carbons (Fsp3) is 0.333. The summed E-state index contributed by atoms with van der Waals surface area (Å²) in [7, 11) is 1.94. The Balaban J connectivity index is 1.86. The van der Waals surface area contributed by atoms with Gasteiger partial charge in [-0.3, -0.25) is 4.68 Å². The largest absolute Gasteiger partial charge is 0.323 e. The summed E-state index contributed by atoms with van der Waals surface area (Å²) in [6.07, 6.45) is 3.69. The highest BCUT2D eigenvalue weighted by Crippen LogP contribution is 2.26. The van der Waals surface area contributed by atoms with E-state index in [2.05, 4.69) is 23.1 Å². The maximum absolute atomic E-state index is 6.35. The first-order valence-corrected chi connectivity index (χ1v) is 7.61. The van der Waals surface area contributed by atoms with Gasteiger partial charge in [0.2, 0.25) is 0 Å². The van der Waals surface area contributed by atoms with Gasteiger partial charge in [0, 0.05) is 31.3 Å². The van der Waals surface area contributed by atoms with Gasteiger partial charge in [0.15, 0.2) is 0 Å². The van der Waals surface area contributed by atoms with Gasteiger partial charge in [0.05, 0.1) is 20.9 Å². The first kappa shape index (κ1) is 13.3. The van der Waals surface area contributed by atoms with Crippen LogP contribution in [0.4, 0.5) is 0 Å². The molecule has 104 valence electrons. The van der Waals surface area contributed by atoms with Crippen molar-refractivity contribution >= 4 is 21.6 Å². The van der Waals surface area contributed by atoms with E-state index < -0.39 is 0 Å². The highest BCUT2D eigenvalue weighted by atomic mass is 32.1. The van der Waals surface area contributed by atoms with Crippen molar-refractivity contribution in [3.63, 3.8) is 0 Å². The zero-order chi connectivity index (χ0) is 14.1. The normalized spacial score (nSPS) is 12.9. The molecule has 2 N–H and O–H groups in total. The van der Waals surface area contributed by atoms with Crippen LogP contribution in [0.2, 0.25) is 0 Å². The first-order valence-electron chi connectivity index (χ1n) is 6.79. The van der Waals surface area contributed by atoms with Crippen molar-refractivity contribution in [1.29, 1.82) is 0 Å². The summed E-state index contributed by atoms with van der Waals surface area (Å²) in [5.41, 5.74) is 9.63. The first-order chi connectivity index (χ1) is 9.67. The summed E-state index contributed by atoms with van der Waals surface area (Å²) in [6.45, 7) is 2.11. The van der Waals surface area contributed by atoms with Crippen LogP contribution >= 0.6 is 11.3 Å². The van der Waals surface area contributed by atoms with E-state index in [9.17, 15) is 0 Å². The molecule has 2 aromatic heterocycles. The lowest BCUT2D eigenvalue weighted by Gasteiger charge is -2.08. The van der Waals surface area contributed by atoms with Gasteiger partial charge < -0.3 is 5.73 Å². The van der Waals surface area contributed by atoms with Crippen LogP contribution in [-0.4, -0.2) is 14.8 Å². The monoisotopic (exact) mass is 286 g/mol. The lowest BCUT2D eigenvalue weighted by atomic mass is 10.0. The predicted octanol–water partition coefficient (Wildman–Crippen LogP) is 2.83. The molecule has 0 spiro atoms. The van der Waals surface area contributed by atoms with E-state index in [0.717, 1.165) is 34.6 Å². The molecule has 0 radical (unpaired) electrons. The number of aromatic nitrogens is 3. The van der Waals surface area contributed by atoms with E-state index in [-0.39, 0.29) is 6.04 Å². The Morgan fingerprint density at radius 3 is 2.90 bits per heavy atom. The van der Waals surface area contributed by atoms with Gasteiger partial charge in [-0.1, -0.05) is 19.1 Å². The molecule has 0 aliphatic heterocycles. The Bertz CT molecular complexity index is 695. The number of para-hydroxylation sites is 1. The second-order valence-corrected chi connectivity index (χ2v) is 6.06. The standard InChI is InChI=1S/C15H18N4S/c1-3-12-10(9-19(2)18-12)11(16)8-15-17-13-6-4-5-7-14(13)20-15/h4-7,9,11H,3,8,16H2,1-2H3. The Morgan fingerprint density at radius 2 is 2.15 bits per heavy atom. The fourth-order valence-corrected chi connectivity index (χ4v) is 3.47. The molecule has 0 aliphatic carbocycles. The van der Waals surface area contributed by atoms with Crippen LogP contribution in [0.15, 0.2) is 30.5 Å². The van der Waals surface area contributed by atoms with E-state index in [1.165, 1.54) is 4.70 Å². The highest BCUT2D eigenvalue weighted by Gasteiger charge is 2.16. The SMILES string of the molecule is CCc1nn(C)cc1C(N)Cc1nc2ccccc2s1. The molecule has 0 saturated carbocycles. The minimum atomic E-state index is -0.0424. The topological polar surface area (TPSA) is 56.7 Å². The van der Waals surface area contributed by atoms with Crippen LogP contribution in [0.3, 0.4) is 0 Å². The number of benzene rings is 1. The molecule has 0 saturated heterocycles. The number of thiazole rings is 1. The molecule has 3 aromatic rings. The molecule has 4 nitrogen and oxygen atoms in total. The third kappa shape index (κ3) is 2.46. The van der Waals surface area contributed by atoms with Gasteiger partial charge in [0.1, 0.15) is 0 Å². The van der Waals surface area contributed by atoms with Crippen LogP contribution < -0.4 is 5.73 Å². The van der Waals surface area contributed by atoms with Gasteiger partial charge in [-0.15, -0.1) is 11.3 Å². The summed E-state index contributed by atoms with van der Waals surface area (Å²) in [5, 5.41) is 5.54. The summed E-state index contributed by atoms with van der Waals surface area (Å²) >= 11 is 1.72. The van der Waals surface area contributed by atoms with Crippen LogP contribution in [0, 0.1) is 0 Å². The van der Waals surface area contributed by atoms with Crippen LogP contribution in [-0.2, 0) is 19.9 Å². The lowest BCUT2D eigenvalue weighted by Crippen LogP contribution is -2.14. The molecular formula is C15H18N4S. The van der Waals surface area contributed by atoms with Crippen LogP contribution in [0.1, 0.15) is 29.2 Å². The fourth-order valence-electron chi connectivity index (χ4n) is 2.44. The second-order valence-electron chi connectivity index (χ2n) is 4.94. The van der Waals surface area contributed by atoms with E-state index in [0.29, 0.717) is 0 Å². The third-order valence-corrected chi connectivity index (χ3v) is 4.46. The van der Waals surface area contributed by atoms with E-state index in [4.69, 9.17) is 5.73 Å². The number of hydrogen-bond donors (Lipinski definition) is 1. The van der Waals surface area contributed by atoms with Crippen molar-refractivity contribution in [3.8, 4) is 0 Å². The van der Waals surface area contributed by atoms with Gasteiger partial charge in [0.25, 0.3) is 0 Å². The predicted molar refractivity (Wildman–Crippen MR) is 82.8 cm³/mol. The minimum Gasteiger partial charge on any atom is -0.323 e. The Hall–Kier alpha value is -1.72. The van der Waals surface area contributed by atoms with Crippen molar-refractivity contribution in [2.75, 3.05) is 0 Å². The summed E-state index contributed by atoms with van der Waals surface area (Å²) < 4.78 is 3.06. The zero-order valence-corrected chi connectivity index (χ0v) is 12.5. The summed E-state index contributed by atoms with van der Waals surface area (Å²) in [5.74, 6) is 0. The molecule has 0 amide bonds. The van der Waals surface area contributed by atoms with Crippen LogP contribution in [0.5, 0.6) is 0 Å². The number of fused-ring (bicyclic) bond motifs is 1. The quantitative estimate of drug-likeness (QED) is 0.802. The van der Waals surface area contributed by atoms with Crippen molar-refractivity contribution < 1.29 is 0 Å². The smallest absolute Gasteiger partial charge is 0.0957 e. The molecule has 1 aromatic carbocycles. The average molecular weight is 286 g/mol. The molecular weight excluding hydrogens is 268 g/mol. The molecule has 2 heterocycles. The van der Waals surface area contributed by atoms with Crippen molar-refractivity contribution in [2.45, 2.75) is 25.8 Å². The maximum atomic E-state index is 6.35. The van der Waals surface area contributed by atoms with Gasteiger partial charge in [-0.2, -0.15) is 5.10 Å². The number of aryl methyl sites for hydroxylation is 2. The molecule has 0 fully saturated rings. The number of hydrogen-bond acceptors (Lipinski definition) is 4. The maximum Gasteiger partial charge on any atom is 0.0957 e. The average Bonchev–Trinajstić information content (AvgIpc) is 3.00. The van der Waals surface area contributed by atoms with E-state index in [1.807, 2.05) is 36.1 Å². The zero-order valence-electron chi connectivity index (χ0n) is 11.7. The van der Waals surface area contributed by atoms with E-state index in [1.54, 1.807) is 11.3 Å². The molecule has 0 bridgehead atoms. The Labute approximate surface area is 122 Å². The molecule has 3 rings (SSSR count). The molecule has 20 heavy (non-hydrogen) atoms. The summed E-state index contributed by atoms with van der Waals surface area (Å²) in [4.78, 5) is 4.65. The second kappa shape index (κ2) is 5.34.